The van der Waals surface area contributed by atoms with E-state index in [1.807, 2.05) is 24.3 Å². The van der Waals surface area contributed by atoms with Crippen molar-refractivity contribution in [2.45, 2.75) is 13.5 Å². The molecular weight excluding hydrogens is 238 g/mol. The molecule has 4 nitrogen and oxygen atoms in total. The molecule has 0 unspecified atom stereocenters. The molecule has 98 valence electrons. The number of benzene rings is 1. The van der Waals surface area contributed by atoms with Gasteiger partial charge in [-0.1, -0.05) is 25.1 Å². The summed E-state index contributed by atoms with van der Waals surface area (Å²) >= 11 is 0. The third-order valence-electron chi connectivity index (χ3n) is 2.69. The Morgan fingerprint density at radius 2 is 1.95 bits per heavy atom. The van der Waals surface area contributed by atoms with Crippen LogP contribution in [0, 0.1) is 0 Å². The van der Waals surface area contributed by atoms with Crippen molar-refractivity contribution in [2.75, 3.05) is 11.9 Å². The first-order chi connectivity index (χ1) is 9.29. The molecule has 0 saturated carbocycles. The minimum Gasteiger partial charge on any atom is -0.321 e. The number of nitrogens with zero attached hydrogens (tertiary/aromatic N) is 1. The Morgan fingerprint density at radius 1 is 1.16 bits per heavy atom. The van der Waals surface area contributed by atoms with Crippen LogP contribution in [0.15, 0.2) is 48.7 Å². The maximum Gasteiger partial charge on any atom is 0.274 e. The van der Waals surface area contributed by atoms with E-state index in [0.29, 0.717) is 5.69 Å². The summed E-state index contributed by atoms with van der Waals surface area (Å²) in [6, 6.07) is 13.1. The Balaban J connectivity index is 1.98. The van der Waals surface area contributed by atoms with Gasteiger partial charge in [-0.05, 0) is 36.4 Å². The van der Waals surface area contributed by atoms with Crippen molar-refractivity contribution in [1.29, 1.82) is 0 Å². The summed E-state index contributed by atoms with van der Waals surface area (Å²) in [4.78, 5) is 15.9. The maximum absolute atomic E-state index is 11.9. The quantitative estimate of drug-likeness (QED) is 0.862. The van der Waals surface area contributed by atoms with E-state index < -0.39 is 0 Å². The fourth-order valence-corrected chi connectivity index (χ4v) is 1.67. The molecule has 0 atom stereocenters. The number of aromatic nitrogens is 1. The molecule has 0 spiro atoms. The summed E-state index contributed by atoms with van der Waals surface area (Å²) in [7, 11) is 0. The summed E-state index contributed by atoms with van der Waals surface area (Å²) in [5.74, 6) is -0.194. The molecule has 1 heterocycles. The van der Waals surface area contributed by atoms with E-state index in [9.17, 15) is 4.79 Å². The van der Waals surface area contributed by atoms with Crippen LogP contribution in [0.2, 0.25) is 0 Å². The molecule has 1 aromatic heterocycles. The van der Waals surface area contributed by atoms with E-state index in [4.69, 9.17) is 0 Å². The van der Waals surface area contributed by atoms with E-state index in [2.05, 4.69) is 22.5 Å². The normalized spacial score (nSPS) is 10.2. The largest absolute Gasteiger partial charge is 0.321 e. The van der Waals surface area contributed by atoms with E-state index in [0.717, 1.165) is 18.8 Å². The van der Waals surface area contributed by atoms with Crippen molar-refractivity contribution in [3.05, 3.63) is 59.9 Å². The number of pyridine rings is 1. The van der Waals surface area contributed by atoms with Crippen molar-refractivity contribution in [2.24, 2.45) is 0 Å². The second kappa shape index (κ2) is 6.66. The molecule has 1 aromatic carbocycles. The van der Waals surface area contributed by atoms with Crippen molar-refractivity contribution in [3.63, 3.8) is 0 Å². The van der Waals surface area contributed by atoms with Crippen LogP contribution in [0.25, 0.3) is 0 Å². The molecule has 0 aliphatic rings. The van der Waals surface area contributed by atoms with Crippen molar-refractivity contribution in [1.82, 2.24) is 10.3 Å². The lowest BCUT2D eigenvalue weighted by molar-refractivity contribution is 0.102. The average molecular weight is 255 g/mol. The lowest BCUT2D eigenvalue weighted by Crippen LogP contribution is -2.14. The Morgan fingerprint density at radius 3 is 2.58 bits per heavy atom. The number of anilines is 1. The first-order valence-electron chi connectivity index (χ1n) is 6.31. The van der Waals surface area contributed by atoms with Crippen LogP contribution in [0.5, 0.6) is 0 Å². The minimum absolute atomic E-state index is 0.194. The molecule has 0 bridgehead atoms. The maximum atomic E-state index is 11.9. The SMILES string of the molecule is CCNCc1ccc(NC(=O)c2ccccn2)cc1. The molecule has 0 fully saturated rings. The highest BCUT2D eigenvalue weighted by Crippen LogP contribution is 2.10. The third kappa shape index (κ3) is 3.89. The number of hydrogen-bond acceptors (Lipinski definition) is 3. The van der Waals surface area contributed by atoms with E-state index in [1.54, 1.807) is 24.4 Å². The minimum atomic E-state index is -0.194. The van der Waals surface area contributed by atoms with Gasteiger partial charge in [0, 0.05) is 18.4 Å². The Kier molecular flexibility index (Phi) is 4.64. The number of carbonyl (C=O) groups is 1. The highest BCUT2D eigenvalue weighted by Gasteiger charge is 2.06. The van der Waals surface area contributed by atoms with Crippen molar-refractivity contribution >= 4 is 11.6 Å². The van der Waals surface area contributed by atoms with Crippen LogP contribution < -0.4 is 10.6 Å². The van der Waals surface area contributed by atoms with Gasteiger partial charge in [-0.25, -0.2) is 0 Å². The fraction of sp³-hybridized carbons (Fsp3) is 0.200. The van der Waals surface area contributed by atoms with Gasteiger partial charge in [0.25, 0.3) is 5.91 Å². The lowest BCUT2D eigenvalue weighted by Gasteiger charge is -2.06. The number of rotatable bonds is 5. The van der Waals surface area contributed by atoms with Crippen LogP contribution in [0.3, 0.4) is 0 Å². The Bertz CT molecular complexity index is 523. The van der Waals surface area contributed by atoms with Crippen molar-refractivity contribution < 1.29 is 4.79 Å². The van der Waals surface area contributed by atoms with E-state index >= 15 is 0 Å². The smallest absolute Gasteiger partial charge is 0.274 e. The molecule has 0 radical (unpaired) electrons. The summed E-state index contributed by atoms with van der Waals surface area (Å²) in [6.07, 6.45) is 1.61. The summed E-state index contributed by atoms with van der Waals surface area (Å²) < 4.78 is 0. The summed E-state index contributed by atoms with van der Waals surface area (Å²) in [5.41, 5.74) is 2.38. The molecule has 2 aromatic rings. The van der Waals surface area contributed by atoms with Crippen LogP contribution in [-0.4, -0.2) is 17.4 Å². The van der Waals surface area contributed by atoms with Gasteiger partial charge in [0.2, 0.25) is 0 Å². The highest BCUT2D eigenvalue weighted by atomic mass is 16.1. The van der Waals surface area contributed by atoms with Gasteiger partial charge < -0.3 is 10.6 Å². The van der Waals surface area contributed by atoms with Crippen molar-refractivity contribution in [3.8, 4) is 0 Å². The number of amides is 1. The zero-order chi connectivity index (χ0) is 13.5. The third-order valence-corrected chi connectivity index (χ3v) is 2.69. The molecule has 2 rings (SSSR count). The monoisotopic (exact) mass is 255 g/mol. The van der Waals surface area contributed by atoms with Crippen LogP contribution in [0.4, 0.5) is 5.69 Å². The second-order valence-electron chi connectivity index (χ2n) is 4.15. The highest BCUT2D eigenvalue weighted by molar-refractivity contribution is 6.02. The van der Waals surface area contributed by atoms with Gasteiger partial charge in [0.05, 0.1) is 0 Å². The summed E-state index contributed by atoms with van der Waals surface area (Å²) in [5, 5.41) is 6.07. The van der Waals surface area contributed by atoms with Crippen LogP contribution >= 0.6 is 0 Å². The van der Waals surface area contributed by atoms with Gasteiger partial charge in [-0.2, -0.15) is 0 Å². The molecular formula is C15H17N3O. The molecule has 0 aliphatic carbocycles. The lowest BCUT2D eigenvalue weighted by atomic mass is 10.2. The molecule has 0 aliphatic heterocycles. The second-order valence-corrected chi connectivity index (χ2v) is 4.15. The van der Waals surface area contributed by atoms with Gasteiger partial charge in [0.1, 0.15) is 5.69 Å². The molecule has 19 heavy (non-hydrogen) atoms. The summed E-state index contributed by atoms with van der Waals surface area (Å²) in [6.45, 7) is 3.85. The van der Waals surface area contributed by atoms with Gasteiger partial charge in [-0.15, -0.1) is 0 Å². The molecule has 1 amide bonds. The number of nitrogens with one attached hydrogen (secondary N) is 2. The molecule has 2 N–H and O–H groups in total. The number of carbonyl (C=O) groups excluding carboxylic acids is 1. The standard InChI is InChI=1S/C15H17N3O/c1-2-16-11-12-6-8-13(9-7-12)18-15(19)14-5-3-4-10-17-14/h3-10,16H,2,11H2,1H3,(H,18,19). The van der Waals surface area contributed by atoms with Gasteiger partial charge in [0.15, 0.2) is 0 Å². The number of hydrogen-bond donors (Lipinski definition) is 2. The van der Waals surface area contributed by atoms with E-state index in [1.165, 1.54) is 5.56 Å². The first kappa shape index (κ1) is 13.2. The first-order valence-corrected chi connectivity index (χ1v) is 6.31. The zero-order valence-corrected chi connectivity index (χ0v) is 10.9. The Labute approximate surface area is 112 Å². The average Bonchev–Trinajstić information content (AvgIpc) is 2.47. The van der Waals surface area contributed by atoms with Crippen LogP contribution in [0.1, 0.15) is 23.0 Å². The van der Waals surface area contributed by atoms with Gasteiger partial charge >= 0.3 is 0 Å². The molecule has 4 heteroatoms. The van der Waals surface area contributed by atoms with Gasteiger partial charge in [-0.3, -0.25) is 9.78 Å². The fourth-order valence-electron chi connectivity index (χ4n) is 1.67. The predicted octanol–water partition coefficient (Wildman–Crippen LogP) is 2.44. The Hall–Kier alpha value is -2.20. The molecule has 0 saturated heterocycles. The topological polar surface area (TPSA) is 54.0 Å². The van der Waals surface area contributed by atoms with E-state index in [-0.39, 0.29) is 5.91 Å². The van der Waals surface area contributed by atoms with Crippen LogP contribution in [-0.2, 0) is 6.54 Å². The zero-order valence-electron chi connectivity index (χ0n) is 10.9. The predicted molar refractivity (Wildman–Crippen MR) is 76.0 cm³/mol.